The Morgan fingerprint density at radius 1 is 0.967 bits per heavy atom. The van der Waals surface area contributed by atoms with Crippen molar-refractivity contribution in [3.05, 3.63) is 47.5 Å². The average molecular weight is 407 g/mol. The van der Waals surface area contributed by atoms with Crippen molar-refractivity contribution in [1.82, 2.24) is 9.47 Å². The van der Waals surface area contributed by atoms with Gasteiger partial charge in [0.25, 0.3) is 0 Å². The zero-order chi connectivity index (χ0) is 21.3. The van der Waals surface area contributed by atoms with Gasteiger partial charge in [-0.05, 0) is 88.5 Å². The Hall–Kier alpha value is -2.50. The number of aryl methyl sites for hydroxylation is 1. The number of nitrogens with zero attached hydrogens (tertiary/aromatic N) is 2. The Balaban J connectivity index is 1.65. The van der Waals surface area contributed by atoms with Crippen molar-refractivity contribution in [2.45, 2.75) is 39.7 Å². The van der Waals surface area contributed by atoms with Crippen LogP contribution in [0.4, 0.5) is 0 Å². The summed E-state index contributed by atoms with van der Waals surface area (Å²) in [5, 5.41) is 11.5. The molecule has 1 N–H and O–H groups in total. The Morgan fingerprint density at radius 3 is 2.10 bits per heavy atom. The first-order valence-electron chi connectivity index (χ1n) is 10.9. The van der Waals surface area contributed by atoms with E-state index in [1.165, 1.54) is 0 Å². The smallest absolute Gasteiger partial charge is 0.159 e. The van der Waals surface area contributed by atoms with Gasteiger partial charge in [-0.15, -0.1) is 0 Å². The van der Waals surface area contributed by atoms with Crippen LogP contribution in [0.25, 0.3) is 21.8 Å². The van der Waals surface area contributed by atoms with Crippen LogP contribution < -0.4 is 0 Å². The van der Waals surface area contributed by atoms with Gasteiger partial charge in [-0.3, -0.25) is 9.59 Å². The highest BCUT2D eigenvalue weighted by Crippen LogP contribution is 2.31. The van der Waals surface area contributed by atoms with Gasteiger partial charge in [0.1, 0.15) is 0 Å². The molecule has 5 heteroatoms. The molecule has 0 radical (unpaired) electrons. The molecule has 1 aliphatic heterocycles. The Kier molecular flexibility index (Phi) is 6.02. The van der Waals surface area contributed by atoms with Crippen LogP contribution in [-0.2, 0) is 6.54 Å². The van der Waals surface area contributed by atoms with E-state index in [0.717, 1.165) is 67.2 Å². The van der Waals surface area contributed by atoms with Crippen LogP contribution in [0.1, 0.15) is 53.8 Å². The minimum absolute atomic E-state index is 0.0454. The van der Waals surface area contributed by atoms with E-state index in [9.17, 15) is 14.7 Å². The van der Waals surface area contributed by atoms with Gasteiger partial charge in [0.05, 0.1) is 0 Å². The summed E-state index contributed by atoms with van der Waals surface area (Å²) in [6, 6.07) is 11.8. The Bertz CT molecular complexity index is 1030. The number of aromatic nitrogens is 1. The van der Waals surface area contributed by atoms with Gasteiger partial charge in [-0.1, -0.05) is 0 Å². The van der Waals surface area contributed by atoms with Crippen molar-refractivity contribution >= 4 is 33.4 Å². The summed E-state index contributed by atoms with van der Waals surface area (Å²) < 4.78 is 2.31. The van der Waals surface area contributed by atoms with E-state index in [1.54, 1.807) is 13.8 Å². The van der Waals surface area contributed by atoms with Crippen molar-refractivity contribution in [3.8, 4) is 0 Å². The Labute approximate surface area is 177 Å². The highest BCUT2D eigenvalue weighted by molar-refractivity contribution is 6.12. The number of benzene rings is 2. The van der Waals surface area contributed by atoms with E-state index < -0.39 is 0 Å². The zero-order valence-corrected chi connectivity index (χ0v) is 17.9. The highest BCUT2D eigenvalue weighted by atomic mass is 16.3. The molecule has 3 aromatic rings. The molecule has 0 saturated carbocycles. The van der Waals surface area contributed by atoms with Gasteiger partial charge in [0, 0.05) is 52.6 Å². The first-order valence-corrected chi connectivity index (χ1v) is 10.9. The van der Waals surface area contributed by atoms with Crippen LogP contribution in [-0.4, -0.2) is 52.4 Å². The maximum absolute atomic E-state index is 11.9. The third-order valence-electron chi connectivity index (χ3n) is 6.40. The minimum atomic E-state index is 0.0454. The molecule has 0 amide bonds. The lowest BCUT2D eigenvalue weighted by Gasteiger charge is -2.31. The fourth-order valence-electron chi connectivity index (χ4n) is 4.74. The number of hydrogen-bond acceptors (Lipinski definition) is 4. The molecule has 158 valence electrons. The summed E-state index contributed by atoms with van der Waals surface area (Å²) in [4.78, 5) is 26.3. The molecule has 0 bridgehead atoms. The number of Topliss-reactive ketones (excluding diaryl/α,β-unsaturated/α-hetero) is 2. The third kappa shape index (κ3) is 4.05. The summed E-state index contributed by atoms with van der Waals surface area (Å²) >= 11 is 0. The molecular weight excluding hydrogens is 376 g/mol. The Morgan fingerprint density at radius 2 is 1.57 bits per heavy atom. The molecule has 2 aromatic carbocycles. The van der Waals surface area contributed by atoms with E-state index in [1.807, 2.05) is 36.4 Å². The minimum Gasteiger partial charge on any atom is -0.396 e. The van der Waals surface area contributed by atoms with Gasteiger partial charge in [0.15, 0.2) is 11.6 Å². The summed E-state index contributed by atoms with van der Waals surface area (Å²) in [7, 11) is 0. The number of carbonyl (C=O) groups excluding carboxylic acids is 2. The summed E-state index contributed by atoms with van der Waals surface area (Å²) in [6.45, 7) is 7.41. The predicted molar refractivity (Wildman–Crippen MR) is 120 cm³/mol. The standard InChI is InChI=1S/C25H30N2O3/c1-17(29)20-6-8-24-22(13-20)23-14-21(18(2)30)7-9-25(23)27(24)12-4-11-26-10-3-5-19(15-26)16-28/h6-9,13-14,19,28H,3-5,10-12,15-16H2,1-2H3. The monoisotopic (exact) mass is 406 g/mol. The van der Waals surface area contributed by atoms with Crippen LogP contribution in [0, 0.1) is 5.92 Å². The highest BCUT2D eigenvalue weighted by Gasteiger charge is 2.19. The number of fused-ring (bicyclic) bond motifs is 3. The largest absolute Gasteiger partial charge is 0.396 e. The number of ketones is 2. The number of carbonyl (C=O) groups is 2. The molecule has 4 rings (SSSR count). The van der Waals surface area contributed by atoms with Crippen LogP contribution in [0.15, 0.2) is 36.4 Å². The van der Waals surface area contributed by atoms with Crippen molar-refractivity contribution in [2.75, 3.05) is 26.2 Å². The number of aliphatic hydroxyl groups excluding tert-OH is 1. The fraction of sp³-hybridized carbons (Fsp3) is 0.440. The fourth-order valence-corrected chi connectivity index (χ4v) is 4.74. The lowest BCUT2D eigenvalue weighted by molar-refractivity contribution is 0.100. The van der Waals surface area contributed by atoms with Crippen LogP contribution in [0.5, 0.6) is 0 Å². The number of rotatable bonds is 7. The molecule has 0 spiro atoms. The third-order valence-corrected chi connectivity index (χ3v) is 6.40. The van der Waals surface area contributed by atoms with Crippen LogP contribution in [0.3, 0.4) is 0 Å². The van der Waals surface area contributed by atoms with Gasteiger partial charge in [0.2, 0.25) is 0 Å². The van der Waals surface area contributed by atoms with Crippen molar-refractivity contribution in [1.29, 1.82) is 0 Å². The van der Waals surface area contributed by atoms with Gasteiger partial charge in [-0.2, -0.15) is 0 Å². The van der Waals surface area contributed by atoms with Crippen molar-refractivity contribution in [2.24, 2.45) is 5.92 Å². The van der Waals surface area contributed by atoms with Gasteiger partial charge < -0.3 is 14.6 Å². The summed E-state index contributed by atoms with van der Waals surface area (Å²) in [5.74, 6) is 0.495. The van der Waals surface area contributed by atoms with Gasteiger partial charge in [-0.25, -0.2) is 0 Å². The second-order valence-electron chi connectivity index (χ2n) is 8.57. The second-order valence-corrected chi connectivity index (χ2v) is 8.57. The van der Waals surface area contributed by atoms with E-state index in [2.05, 4.69) is 9.47 Å². The van der Waals surface area contributed by atoms with E-state index in [0.29, 0.717) is 17.0 Å². The van der Waals surface area contributed by atoms with E-state index in [4.69, 9.17) is 0 Å². The molecule has 0 aliphatic carbocycles. The molecule has 1 saturated heterocycles. The molecule has 1 aliphatic rings. The number of likely N-dealkylation sites (tertiary alicyclic amines) is 1. The second kappa shape index (κ2) is 8.70. The molecule has 1 fully saturated rings. The predicted octanol–water partition coefficient (Wildman–Crippen LogP) is 4.29. The molecule has 1 aromatic heterocycles. The van der Waals surface area contributed by atoms with Crippen LogP contribution >= 0.6 is 0 Å². The summed E-state index contributed by atoms with van der Waals surface area (Å²) in [6.07, 6.45) is 3.29. The first kappa shape index (κ1) is 20.8. The lowest BCUT2D eigenvalue weighted by Crippen LogP contribution is -2.37. The van der Waals surface area contributed by atoms with E-state index >= 15 is 0 Å². The first-order chi connectivity index (χ1) is 14.5. The maximum atomic E-state index is 11.9. The quantitative estimate of drug-likeness (QED) is 0.595. The molecule has 2 heterocycles. The molecule has 30 heavy (non-hydrogen) atoms. The normalized spacial score (nSPS) is 17.6. The molecular formula is C25H30N2O3. The molecule has 1 atom stereocenters. The maximum Gasteiger partial charge on any atom is 0.159 e. The number of piperidine rings is 1. The lowest BCUT2D eigenvalue weighted by atomic mass is 9.99. The average Bonchev–Trinajstić information content (AvgIpc) is 3.06. The summed E-state index contributed by atoms with van der Waals surface area (Å²) in [5.41, 5.74) is 3.58. The number of aliphatic hydroxyl groups is 1. The molecule has 1 unspecified atom stereocenters. The SMILES string of the molecule is CC(=O)c1ccc2c(c1)c1cc(C(C)=O)ccc1n2CCCN1CCCC(CO)C1. The van der Waals surface area contributed by atoms with Crippen molar-refractivity contribution in [3.63, 3.8) is 0 Å². The number of hydrogen-bond donors (Lipinski definition) is 1. The molecule has 5 nitrogen and oxygen atoms in total. The van der Waals surface area contributed by atoms with Crippen LogP contribution in [0.2, 0.25) is 0 Å². The zero-order valence-electron chi connectivity index (χ0n) is 17.9. The van der Waals surface area contributed by atoms with E-state index in [-0.39, 0.29) is 18.2 Å². The van der Waals surface area contributed by atoms with Crippen molar-refractivity contribution < 1.29 is 14.7 Å². The van der Waals surface area contributed by atoms with Gasteiger partial charge >= 0.3 is 0 Å². The topological polar surface area (TPSA) is 62.5 Å².